The van der Waals surface area contributed by atoms with Crippen LogP contribution in [0.2, 0.25) is 0 Å². The Morgan fingerprint density at radius 3 is 2.39 bits per heavy atom. The number of ether oxygens (including phenoxy) is 2. The first-order valence-corrected chi connectivity index (χ1v) is 12.4. The van der Waals surface area contributed by atoms with Crippen LogP contribution < -0.4 is 9.47 Å². The number of amides is 1. The molecule has 0 radical (unpaired) electrons. The zero-order chi connectivity index (χ0) is 24.0. The summed E-state index contributed by atoms with van der Waals surface area (Å²) in [6, 6.07) is 12.7. The first-order chi connectivity index (χ1) is 15.8. The fourth-order valence-corrected chi connectivity index (χ4v) is 5.09. The van der Waals surface area contributed by atoms with Crippen molar-refractivity contribution in [3.05, 3.63) is 59.7 Å². The van der Waals surface area contributed by atoms with Gasteiger partial charge in [0.15, 0.2) is 0 Å². The molecule has 2 aromatic rings. The number of carbonyl (C=O) groups is 1. The second-order valence-electron chi connectivity index (χ2n) is 8.20. The predicted octanol–water partition coefficient (Wildman–Crippen LogP) is 4.11. The number of benzene rings is 2. The Hall–Kier alpha value is -2.84. The summed E-state index contributed by atoms with van der Waals surface area (Å²) in [5.41, 5.74) is 1.70. The van der Waals surface area contributed by atoms with E-state index in [-0.39, 0.29) is 22.6 Å². The molecule has 1 heterocycles. The van der Waals surface area contributed by atoms with Crippen LogP contribution in [0.3, 0.4) is 0 Å². The number of hydrogen-bond donors (Lipinski definition) is 0. The van der Waals surface area contributed by atoms with Crippen LogP contribution in [0.5, 0.6) is 11.5 Å². The van der Waals surface area contributed by atoms with Crippen LogP contribution in [0, 0.1) is 0 Å². The molecule has 3 rings (SSSR count). The summed E-state index contributed by atoms with van der Waals surface area (Å²) in [7, 11) is 2.32. The number of rotatable bonds is 7. The minimum Gasteiger partial charge on any atom is -0.497 e. The van der Waals surface area contributed by atoms with Crippen molar-refractivity contribution in [2.24, 2.45) is 0 Å². The summed E-state index contributed by atoms with van der Waals surface area (Å²) in [6.45, 7) is 0.683. The largest absolute Gasteiger partial charge is 0.497 e. The van der Waals surface area contributed by atoms with Gasteiger partial charge in [-0.05, 0) is 54.3 Å². The lowest BCUT2D eigenvalue weighted by atomic mass is 10.0. The molecule has 1 aliphatic rings. The molecule has 1 amide bonds. The minimum atomic E-state index is -3.69. The van der Waals surface area contributed by atoms with Gasteiger partial charge in [-0.2, -0.15) is 0 Å². The highest BCUT2D eigenvalue weighted by atomic mass is 32.2. The van der Waals surface area contributed by atoms with Crippen molar-refractivity contribution in [1.82, 2.24) is 9.21 Å². The Kier molecular flexibility index (Phi) is 8.15. The molecule has 0 saturated carbocycles. The van der Waals surface area contributed by atoms with E-state index in [1.807, 2.05) is 29.2 Å². The Labute approximate surface area is 196 Å². The normalized spacial score (nSPS) is 17.2. The number of methoxy groups -OCH3 is 2. The van der Waals surface area contributed by atoms with E-state index in [1.165, 1.54) is 33.3 Å². The van der Waals surface area contributed by atoms with Gasteiger partial charge < -0.3 is 14.4 Å². The van der Waals surface area contributed by atoms with Crippen LogP contribution in [-0.2, 0) is 14.8 Å². The molecule has 1 saturated heterocycles. The van der Waals surface area contributed by atoms with Crippen molar-refractivity contribution in [2.45, 2.75) is 36.6 Å². The Balaban J connectivity index is 1.87. The third-order valence-corrected chi connectivity index (χ3v) is 7.74. The summed E-state index contributed by atoms with van der Waals surface area (Å²) in [5.74, 6) is 0.956. The molecule has 2 aromatic carbocycles. The second kappa shape index (κ2) is 10.9. The number of sulfonamides is 1. The van der Waals surface area contributed by atoms with Gasteiger partial charge in [-0.15, -0.1) is 0 Å². The third kappa shape index (κ3) is 5.75. The van der Waals surface area contributed by atoms with Crippen molar-refractivity contribution in [1.29, 1.82) is 0 Å². The van der Waals surface area contributed by atoms with E-state index in [2.05, 4.69) is 0 Å². The van der Waals surface area contributed by atoms with Crippen molar-refractivity contribution < 1.29 is 22.7 Å². The van der Waals surface area contributed by atoms with E-state index < -0.39 is 10.0 Å². The van der Waals surface area contributed by atoms with Crippen LogP contribution in [0.1, 0.15) is 42.9 Å². The van der Waals surface area contributed by atoms with Crippen molar-refractivity contribution in [3.63, 3.8) is 0 Å². The van der Waals surface area contributed by atoms with Crippen LogP contribution in [-0.4, -0.2) is 58.4 Å². The highest BCUT2D eigenvalue weighted by molar-refractivity contribution is 7.89. The summed E-state index contributed by atoms with van der Waals surface area (Å²) < 4.78 is 37.0. The molecule has 1 unspecified atom stereocenters. The van der Waals surface area contributed by atoms with Gasteiger partial charge in [-0.25, -0.2) is 12.7 Å². The quantitative estimate of drug-likeness (QED) is 0.567. The first kappa shape index (κ1) is 24.8. The molecule has 7 nitrogen and oxygen atoms in total. The molecule has 0 aromatic heterocycles. The lowest BCUT2D eigenvalue weighted by Crippen LogP contribution is -2.33. The number of nitrogens with zero attached hydrogens (tertiary/aromatic N) is 2. The Morgan fingerprint density at radius 2 is 1.76 bits per heavy atom. The number of carbonyl (C=O) groups excluding carboxylic acids is 1. The van der Waals surface area contributed by atoms with E-state index >= 15 is 0 Å². The maximum absolute atomic E-state index is 13.2. The van der Waals surface area contributed by atoms with Gasteiger partial charge in [0.25, 0.3) is 0 Å². The average Bonchev–Trinajstić information content (AvgIpc) is 3.08. The summed E-state index contributed by atoms with van der Waals surface area (Å²) >= 11 is 0. The van der Waals surface area contributed by atoms with E-state index in [9.17, 15) is 13.2 Å². The number of hydrogen-bond acceptors (Lipinski definition) is 5. The molecule has 178 valence electrons. The van der Waals surface area contributed by atoms with Gasteiger partial charge in [0, 0.05) is 26.7 Å². The maximum atomic E-state index is 13.2. The van der Waals surface area contributed by atoms with Crippen LogP contribution in [0.15, 0.2) is 53.4 Å². The maximum Gasteiger partial charge on any atom is 0.247 e. The van der Waals surface area contributed by atoms with E-state index in [0.29, 0.717) is 12.1 Å². The molecular weight excluding hydrogens is 440 g/mol. The molecule has 1 fully saturated rings. The number of likely N-dealkylation sites (tertiary alicyclic amines) is 1. The smallest absolute Gasteiger partial charge is 0.247 e. The molecule has 1 atom stereocenters. The SMILES string of the molecule is COc1ccc(C2CCCCCN2C(=O)/C=C/c2ccc(OC)c(S(=O)(=O)N(C)C)c2)cc1. The van der Waals surface area contributed by atoms with Crippen molar-refractivity contribution in [3.8, 4) is 11.5 Å². The molecular formula is C25H32N2O5S. The predicted molar refractivity (Wildman–Crippen MR) is 129 cm³/mol. The highest BCUT2D eigenvalue weighted by Crippen LogP contribution is 2.32. The Morgan fingerprint density at radius 1 is 1.03 bits per heavy atom. The minimum absolute atomic E-state index is 0.00361. The molecule has 8 heteroatoms. The molecule has 0 bridgehead atoms. The molecule has 0 spiro atoms. The topological polar surface area (TPSA) is 76.1 Å². The van der Waals surface area contributed by atoms with E-state index in [1.54, 1.807) is 25.3 Å². The van der Waals surface area contributed by atoms with Gasteiger partial charge in [-0.3, -0.25) is 4.79 Å². The lowest BCUT2D eigenvalue weighted by molar-refractivity contribution is -0.128. The van der Waals surface area contributed by atoms with Gasteiger partial charge in [0.1, 0.15) is 16.4 Å². The van der Waals surface area contributed by atoms with Crippen LogP contribution in [0.4, 0.5) is 0 Å². The van der Waals surface area contributed by atoms with Gasteiger partial charge in [-0.1, -0.05) is 31.0 Å². The lowest BCUT2D eigenvalue weighted by Gasteiger charge is -2.29. The van der Waals surface area contributed by atoms with Crippen molar-refractivity contribution in [2.75, 3.05) is 34.9 Å². The molecule has 0 N–H and O–H groups in total. The summed E-state index contributed by atoms with van der Waals surface area (Å²) in [5, 5.41) is 0. The molecule has 0 aliphatic carbocycles. The average molecular weight is 473 g/mol. The fourth-order valence-electron chi connectivity index (χ4n) is 4.00. The van der Waals surface area contributed by atoms with Crippen LogP contribution >= 0.6 is 0 Å². The molecule has 33 heavy (non-hydrogen) atoms. The van der Waals surface area contributed by atoms with E-state index in [4.69, 9.17) is 9.47 Å². The van der Waals surface area contributed by atoms with Gasteiger partial charge >= 0.3 is 0 Å². The third-order valence-electron chi connectivity index (χ3n) is 5.90. The standard InChI is InChI=1S/C25H32N2O5S/c1-26(2)33(29,30)24-18-19(9-15-23(24)32-4)10-16-25(28)27-17-7-5-6-8-22(27)20-11-13-21(31-3)14-12-20/h9-16,18,22H,5-8,17H2,1-4H3/b16-10+. The summed E-state index contributed by atoms with van der Waals surface area (Å²) in [4.78, 5) is 15.2. The van der Waals surface area contributed by atoms with Gasteiger partial charge in [0.05, 0.1) is 20.3 Å². The molecule has 1 aliphatic heterocycles. The second-order valence-corrected chi connectivity index (χ2v) is 10.3. The highest BCUT2D eigenvalue weighted by Gasteiger charge is 2.26. The Bertz CT molecular complexity index is 1090. The van der Waals surface area contributed by atoms with Crippen LogP contribution in [0.25, 0.3) is 6.08 Å². The van der Waals surface area contributed by atoms with Gasteiger partial charge in [0.2, 0.25) is 15.9 Å². The van der Waals surface area contributed by atoms with E-state index in [0.717, 1.165) is 41.3 Å². The summed E-state index contributed by atoms with van der Waals surface area (Å²) in [6.07, 6.45) is 7.20. The first-order valence-electron chi connectivity index (χ1n) is 11.0. The fraction of sp³-hybridized carbons (Fsp3) is 0.400. The van der Waals surface area contributed by atoms with Crippen molar-refractivity contribution >= 4 is 22.0 Å². The zero-order valence-electron chi connectivity index (χ0n) is 19.7. The zero-order valence-corrected chi connectivity index (χ0v) is 20.5. The monoisotopic (exact) mass is 472 g/mol.